The molecule has 0 unspecified atom stereocenters. The Bertz CT molecular complexity index is 865. The Morgan fingerprint density at radius 1 is 1.20 bits per heavy atom. The normalized spacial score (nSPS) is 10.6. The molecular formula is C18H18N4OS2. The highest BCUT2D eigenvalue weighted by Gasteiger charge is 2.11. The van der Waals surface area contributed by atoms with Crippen LogP contribution in [0.25, 0.3) is 11.3 Å². The molecular weight excluding hydrogens is 352 g/mol. The van der Waals surface area contributed by atoms with E-state index in [0.717, 1.165) is 21.8 Å². The van der Waals surface area contributed by atoms with Gasteiger partial charge in [0, 0.05) is 16.1 Å². The van der Waals surface area contributed by atoms with E-state index in [1.54, 1.807) is 18.0 Å². The average molecular weight is 371 g/mol. The lowest BCUT2D eigenvalue weighted by Gasteiger charge is -2.06. The third-order valence-corrected chi connectivity index (χ3v) is 5.15. The maximum atomic E-state index is 12.2. The topological polar surface area (TPSA) is 72.9 Å². The Hall–Kier alpha value is -2.38. The largest absolute Gasteiger partial charge is 0.337 e. The predicted octanol–water partition coefficient (Wildman–Crippen LogP) is 3.72. The number of hydrogen-bond donors (Lipinski definition) is 2. The van der Waals surface area contributed by atoms with Gasteiger partial charge in [-0.2, -0.15) is 0 Å². The number of benzene rings is 2. The van der Waals surface area contributed by atoms with Gasteiger partial charge in [-0.15, -0.1) is 11.8 Å². The van der Waals surface area contributed by atoms with Crippen molar-refractivity contribution >= 4 is 35.1 Å². The summed E-state index contributed by atoms with van der Waals surface area (Å²) in [7, 11) is 0. The van der Waals surface area contributed by atoms with Crippen LogP contribution in [0, 0.1) is 0 Å². The van der Waals surface area contributed by atoms with Crippen molar-refractivity contribution in [1.29, 1.82) is 0 Å². The molecule has 0 atom stereocenters. The molecule has 3 N–H and O–H groups in total. The Morgan fingerprint density at radius 2 is 2.00 bits per heavy atom. The van der Waals surface area contributed by atoms with Crippen LogP contribution in [-0.4, -0.2) is 27.6 Å². The second kappa shape index (κ2) is 8.13. The van der Waals surface area contributed by atoms with Crippen molar-refractivity contribution < 1.29 is 4.79 Å². The number of thioether (sulfide) groups is 2. The Balaban J connectivity index is 1.61. The number of rotatable bonds is 6. The van der Waals surface area contributed by atoms with E-state index in [2.05, 4.69) is 10.3 Å². The Morgan fingerprint density at radius 3 is 2.76 bits per heavy atom. The molecule has 1 aromatic heterocycles. The second-order valence-corrected chi connectivity index (χ2v) is 7.07. The fourth-order valence-electron chi connectivity index (χ4n) is 2.26. The molecule has 128 valence electrons. The van der Waals surface area contributed by atoms with Crippen LogP contribution < -0.4 is 11.2 Å². The Kier molecular flexibility index (Phi) is 5.67. The van der Waals surface area contributed by atoms with Gasteiger partial charge in [0.25, 0.3) is 0 Å². The SMILES string of the molecule is CSc1cccc(NC(=O)CSc2nc(-c3ccccc3)cn2N)c1. The smallest absolute Gasteiger partial charge is 0.234 e. The summed E-state index contributed by atoms with van der Waals surface area (Å²) in [6, 6.07) is 17.6. The molecule has 25 heavy (non-hydrogen) atoms. The first-order chi connectivity index (χ1) is 12.2. The molecule has 0 aliphatic carbocycles. The maximum absolute atomic E-state index is 12.2. The summed E-state index contributed by atoms with van der Waals surface area (Å²) < 4.78 is 1.45. The van der Waals surface area contributed by atoms with Crippen LogP contribution in [0.5, 0.6) is 0 Å². The van der Waals surface area contributed by atoms with Crippen molar-refractivity contribution in [2.45, 2.75) is 10.1 Å². The Labute approximate surface area is 155 Å². The van der Waals surface area contributed by atoms with E-state index in [-0.39, 0.29) is 11.7 Å². The van der Waals surface area contributed by atoms with Gasteiger partial charge in [0.2, 0.25) is 5.91 Å². The summed E-state index contributed by atoms with van der Waals surface area (Å²) in [5, 5.41) is 3.50. The second-order valence-electron chi connectivity index (χ2n) is 5.25. The monoisotopic (exact) mass is 370 g/mol. The molecule has 0 saturated carbocycles. The van der Waals surface area contributed by atoms with Gasteiger partial charge in [-0.25, -0.2) is 9.66 Å². The fourth-order valence-corrected chi connectivity index (χ4v) is 3.42. The lowest BCUT2D eigenvalue weighted by molar-refractivity contribution is -0.113. The maximum Gasteiger partial charge on any atom is 0.234 e. The molecule has 5 nitrogen and oxygen atoms in total. The number of anilines is 1. The molecule has 3 rings (SSSR count). The third kappa shape index (κ3) is 4.58. The summed E-state index contributed by atoms with van der Waals surface area (Å²) in [6.45, 7) is 0. The van der Waals surface area contributed by atoms with Gasteiger partial charge < -0.3 is 11.2 Å². The lowest BCUT2D eigenvalue weighted by atomic mass is 10.2. The van der Waals surface area contributed by atoms with Crippen LogP contribution >= 0.6 is 23.5 Å². The van der Waals surface area contributed by atoms with E-state index in [9.17, 15) is 4.79 Å². The van der Waals surface area contributed by atoms with Crippen molar-refractivity contribution in [2.75, 3.05) is 23.2 Å². The van der Waals surface area contributed by atoms with Crippen molar-refractivity contribution in [3.8, 4) is 11.3 Å². The molecule has 1 heterocycles. The van der Waals surface area contributed by atoms with Crippen LogP contribution in [0.15, 0.2) is 70.8 Å². The van der Waals surface area contributed by atoms with Crippen LogP contribution in [0.3, 0.4) is 0 Å². The molecule has 0 aliphatic heterocycles. The number of carbonyl (C=O) groups is 1. The summed E-state index contributed by atoms with van der Waals surface area (Å²) in [4.78, 5) is 17.8. The van der Waals surface area contributed by atoms with Gasteiger partial charge in [-0.1, -0.05) is 48.2 Å². The number of carbonyl (C=O) groups excluding carboxylic acids is 1. The summed E-state index contributed by atoms with van der Waals surface area (Å²) >= 11 is 2.95. The van der Waals surface area contributed by atoms with E-state index < -0.39 is 0 Å². The number of nitrogens with two attached hydrogens (primary N) is 1. The van der Waals surface area contributed by atoms with Crippen molar-refractivity contribution in [3.63, 3.8) is 0 Å². The van der Waals surface area contributed by atoms with Crippen molar-refractivity contribution in [3.05, 3.63) is 60.8 Å². The zero-order valence-corrected chi connectivity index (χ0v) is 15.3. The number of aromatic nitrogens is 2. The average Bonchev–Trinajstić information content (AvgIpc) is 3.02. The van der Waals surface area contributed by atoms with Crippen molar-refractivity contribution in [2.24, 2.45) is 0 Å². The first-order valence-electron chi connectivity index (χ1n) is 7.62. The van der Waals surface area contributed by atoms with Crippen LogP contribution in [0.2, 0.25) is 0 Å². The van der Waals surface area contributed by atoms with Gasteiger partial charge in [0.1, 0.15) is 0 Å². The minimum atomic E-state index is -0.0903. The number of nitrogens with zero attached hydrogens (tertiary/aromatic N) is 2. The summed E-state index contributed by atoms with van der Waals surface area (Å²) in [5.74, 6) is 6.11. The predicted molar refractivity (Wildman–Crippen MR) is 105 cm³/mol. The zero-order chi connectivity index (χ0) is 17.6. The first-order valence-corrected chi connectivity index (χ1v) is 9.83. The number of nitrogen functional groups attached to an aromatic ring is 1. The standard InChI is InChI=1S/C18H18N4OS2/c1-24-15-9-5-8-14(10-15)20-17(23)12-25-18-21-16(11-22(18)19)13-6-3-2-4-7-13/h2-11H,12,19H2,1H3,(H,20,23). The van der Waals surface area contributed by atoms with Gasteiger partial charge in [0.15, 0.2) is 5.16 Å². The van der Waals surface area contributed by atoms with Crippen LogP contribution in [-0.2, 0) is 4.79 Å². The van der Waals surface area contributed by atoms with Crippen LogP contribution in [0.4, 0.5) is 5.69 Å². The molecule has 1 amide bonds. The summed E-state index contributed by atoms with van der Waals surface area (Å²) in [5.41, 5.74) is 2.57. The minimum absolute atomic E-state index is 0.0903. The highest BCUT2D eigenvalue weighted by Crippen LogP contribution is 2.23. The molecule has 0 saturated heterocycles. The third-order valence-electron chi connectivity index (χ3n) is 3.45. The molecule has 0 bridgehead atoms. The van der Waals surface area contributed by atoms with Crippen LogP contribution in [0.1, 0.15) is 0 Å². The molecule has 2 aromatic carbocycles. The van der Waals surface area contributed by atoms with Gasteiger partial charge in [-0.05, 0) is 24.5 Å². The van der Waals surface area contributed by atoms with Gasteiger partial charge in [-0.3, -0.25) is 4.79 Å². The number of hydrogen-bond acceptors (Lipinski definition) is 5. The molecule has 0 spiro atoms. The number of amides is 1. The highest BCUT2D eigenvalue weighted by atomic mass is 32.2. The van der Waals surface area contributed by atoms with E-state index in [0.29, 0.717) is 5.16 Å². The van der Waals surface area contributed by atoms with E-state index in [1.807, 2.05) is 60.9 Å². The van der Waals surface area contributed by atoms with E-state index >= 15 is 0 Å². The molecule has 0 fully saturated rings. The van der Waals surface area contributed by atoms with Crippen molar-refractivity contribution in [1.82, 2.24) is 9.66 Å². The lowest BCUT2D eigenvalue weighted by Crippen LogP contribution is -2.15. The quantitative estimate of drug-likeness (QED) is 0.511. The molecule has 0 radical (unpaired) electrons. The fraction of sp³-hybridized carbons (Fsp3) is 0.111. The number of imidazole rings is 1. The molecule has 0 aliphatic rings. The molecule has 7 heteroatoms. The van der Waals surface area contributed by atoms with E-state index in [1.165, 1.54) is 16.4 Å². The van der Waals surface area contributed by atoms with Gasteiger partial charge >= 0.3 is 0 Å². The number of nitrogens with one attached hydrogen (secondary N) is 1. The zero-order valence-electron chi connectivity index (χ0n) is 13.7. The molecule has 3 aromatic rings. The summed E-state index contributed by atoms with van der Waals surface area (Å²) in [6.07, 6.45) is 3.76. The first kappa shape index (κ1) is 17.4. The minimum Gasteiger partial charge on any atom is -0.337 e. The highest BCUT2D eigenvalue weighted by molar-refractivity contribution is 7.99. The van der Waals surface area contributed by atoms with Gasteiger partial charge in [0.05, 0.1) is 17.6 Å². The van der Waals surface area contributed by atoms with E-state index in [4.69, 9.17) is 5.84 Å².